The van der Waals surface area contributed by atoms with E-state index in [1.165, 1.54) is 0 Å². The van der Waals surface area contributed by atoms with Gasteiger partial charge in [-0.25, -0.2) is 0 Å². The summed E-state index contributed by atoms with van der Waals surface area (Å²) in [5.74, 6) is -0.203. The molecule has 17 heavy (non-hydrogen) atoms. The molecule has 0 radical (unpaired) electrons. The molecule has 1 heterocycles. The van der Waals surface area contributed by atoms with Crippen LogP contribution in [0.15, 0.2) is 36.4 Å². The maximum absolute atomic E-state index is 11.8. The molecule has 3 rings (SSSR count). The number of carbonyl (C=O) groups excluding carboxylic acids is 1. The van der Waals surface area contributed by atoms with Gasteiger partial charge in [-0.15, -0.1) is 0 Å². The minimum atomic E-state index is -1.22. The first-order valence-electron chi connectivity index (χ1n) is 6.03. The number of benzene rings is 1. The lowest BCUT2D eigenvalue weighted by molar-refractivity contribution is -0.0287. The summed E-state index contributed by atoms with van der Waals surface area (Å²) in [6, 6.07) is 7.27. The molecular weight excluding hydrogens is 214 g/mol. The number of aliphatic hydroxyl groups is 1. The van der Waals surface area contributed by atoms with Crippen molar-refractivity contribution in [1.82, 2.24) is 5.32 Å². The molecule has 1 amide bonds. The van der Waals surface area contributed by atoms with Gasteiger partial charge in [0, 0.05) is 17.0 Å². The standard InChI is InChI=1S/C14H15NO2/c16-13-11-8-4-5-9-12(11)14(17,15-13)10-6-2-1-3-7-10/h2,4-6,8-10,17H,1,3,7H2,(H,15,16). The molecule has 3 nitrogen and oxygen atoms in total. The van der Waals surface area contributed by atoms with Crippen molar-refractivity contribution in [1.29, 1.82) is 0 Å². The van der Waals surface area contributed by atoms with E-state index in [0.717, 1.165) is 19.3 Å². The fraction of sp³-hybridized carbons (Fsp3) is 0.357. The van der Waals surface area contributed by atoms with Gasteiger partial charge in [0.05, 0.1) is 0 Å². The SMILES string of the molecule is O=C1NC(O)(C2C=CCCC2)c2ccccc21. The highest BCUT2D eigenvalue weighted by atomic mass is 16.3. The van der Waals surface area contributed by atoms with Crippen molar-refractivity contribution in [2.45, 2.75) is 25.0 Å². The van der Waals surface area contributed by atoms with E-state index in [-0.39, 0.29) is 11.8 Å². The van der Waals surface area contributed by atoms with E-state index in [1.54, 1.807) is 6.07 Å². The topological polar surface area (TPSA) is 49.3 Å². The Morgan fingerprint density at radius 3 is 2.94 bits per heavy atom. The summed E-state index contributed by atoms with van der Waals surface area (Å²) in [7, 11) is 0. The molecule has 88 valence electrons. The summed E-state index contributed by atoms with van der Waals surface area (Å²) in [6.45, 7) is 0. The van der Waals surface area contributed by atoms with Crippen molar-refractivity contribution < 1.29 is 9.90 Å². The van der Waals surface area contributed by atoms with Crippen LogP contribution in [0.1, 0.15) is 35.2 Å². The third kappa shape index (κ3) is 1.50. The minimum Gasteiger partial charge on any atom is -0.366 e. The monoisotopic (exact) mass is 229 g/mol. The smallest absolute Gasteiger partial charge is 0.254 e. The van der Waals surface area contributed by atoms with E-state index in [4.69, 9.17) is 0 Å². The van der Waals surface area contributed by atoms with Crippen LogP contribution in [0.5, 0.6) is 0 Å². The van der Waals surface area contributed by atoms with Crippen LogP contribution in [0.3, 0.4) is 0 Å². The number of fused-ring (bicyclic) bond motifs is 1. The first-order chi connectivity index (χ1) is 8.22. The molecule has 0 saturated heterocycles. The van der Waals surface area contributed by atoms with E-state index in [9.17, 15) is 9.90 Å². The predicted octanol–water partition coefficient (Wildman–Crippen LogP) is 1.93. The van der Waals surface area contributed by atoms with Crippen LogP contribution in [-0.2, 0) is 5.72 Å². The minimum absolute atomic E-state index is 0.0242. The van der Waals surface area contributed by atoms with E-state index in [0.29, 0.717) is 11.1 Å². The molecule has 2 atom stereocenters. The molecule has 1 aromatic rings. The lowest BCUT2D eigenvalue weighted by atomic mass is 9.83. The summed E-state index contributed by atoms with van der Waals surface area (Å²) < 4.78 is 0. The van der Waals surface area contributed by atoms with Crippen molar-refractivity contribution in [2.24, 2.45) is 5.92 Å². The number of carbonyl (C=O) groups is 1. The third-order valence-electron chi connectivity index (χ3n) is 3.68. The fourth-order valence-electron chi connectivity index (χ4n) is 2.77. The molecule has 1 aliphatic carbocycles. The molecule has 2 aliphatic rings. The number of nitrogens with one attached hydrogen (secondary N) is 1. The zero-order chi connectivity index (χ0) is 11.9. The molecule has 0 bridgehead atoms. The van der Waals surface area contributed by atoms with Crippen molar-refractivity contribution >= 4 is 5.91 Å². The second-order valence-electron chi connectivity index (χ2n) is 4.73. The summed E-state index contributed by atoms with van der Waals surface area (Å²) in [5.41, 5.74) is 0.0837. The molecule has 0 saturated carbocycles. The summed E-state index contributed by atoms with van der Waals surface area (Å²) in [6.07, 6.45) is 7.12. The Balaban J connectivity index is 2.07. The quantitative estimate of drug-likeness (QED) is 0.723. The van der Waals surface area contributed by atoms with Gasteiger partial charge in [-0.2, -0.15) is 0 Å². The molecule has 3 heteroatoms. The molecule has 1 aromatic carbocycles. The maximum atomic E-state index is 11.8. The first-order valence-corrected chi connectivity index (χ1v) is 6.03. The van der Waals surface area contributed by atoms with Gasteiger partial charge in [-0.3, -0.25) is 4.79 Å². The summed E-state index contributed by atoms with van der Waals surface area (Å²) >= 11 is 0. The van der Waals surface area contributed by atoms with Crippen LogP contribution >= 0.6 is 0 Å². The predicted molar refractivity (Wildman–Crippen MR) is 64.3 cm³/mol. The Morgan fingerprint density at radius 1 is 1.35 bits per heavy atom. The van der Waals surface area contributed by atoms with Gasteiger partial charge in [0.15, 0.2) is 5.72 Å². The summed E-state index contributed by atoms with van der Waals surface area (Å²) in [4.78, 5) is 11.8. The highest BCUT2D eigenvalue weighted by molar-refractivity contribution is 5.99. The Kier molecular flexibility index (Phi) is 2.30. The number of rotatable bonds is 1. The highest BCUT2D eigenvalue weighted by Crippen LogP contribution is 2.39. The van der Waals surface area contributed by atoms with Crippen LogP contribution in [0.25, 0.3) is 0 Å². The van der Waals surface area contributed by atoms with Crippen molar-refractivity contribution in [2.75, 3.05) is 0 Å². The van der Waals surface area contributed by atoms with Crippen LogP contribution < -0.4 is 5.32 Å². The number of amides is 1. The molecule has 2 N–H and O–H groups in total. The average Bonchev–Trinajstić information content (AvgIpc) is 2.65. The van der Waals surface area contributed by atoms with Gasteiger partial charge in [-0.05, 0) is 25.3 Å². The Morgan fingerprint density at radius 2 is 2.18 bits per heavy atom. The van der Waals surface area contributed by atoms with Gasteiger partial charge < -0.3 is 10.4 Å². The maximum Gasteiger partial charge on any atom is 0.254 e. The van der Waals surface area contributed by atoms with Crippen molar-refractivity contribution in [3.8, 4) is 0 Å². The lowest BCUT2D eigenvalue weighted by Crippen LogP contribution is -2.45. The molecule has 2 unspecified atom stereocenters. The zero-order valence-corrected chi connectivity index (χ0v) is 9.52. The van der Waals surface area contributed by atoms with E-state index >= 15 is 0 Å². The highest BCUT2D eigenvalue weighted by Gasteiger charge is 2.46. The van der Waals surface area contributed by atoms with E-state index in [2.05, 4.69) is 11.4 Å². The fourth-order valence-corrected chi connectivity index (χ4v) is 2.77. The van der Waals surface area contributed by atoms with Crippen LogP contribution in [0.2, 0.25) is 0 Å². The van der Waals surface area contributed by atoms with Crippen molar-refractivity contribution in [3.05, 3.63) is 47.5 Å². The first kappa shape index (κ1) is 10.5. The molecule has 0 fully saturated rings. The van der Waals surface area contributed by atoms with E-state index < -0.39 is 5.72 Å². The van der Waals surface area contributed by atoms with Crippen LogP contribution in [0, 0.1) is 5.92 Å². The second kappa shape index (κ2) is 3.70. The van der Waals surface area contributed by atoms with Gasteiger partial charge in [-0.1, -0.05) is 30.4 Å². The van der Waals surface area contributed by atoms with Gasteiger partial charge in [0.2, 0.25) is 0 Å². The molecule has 0 aromatic heterocycles. The van der Waals surface area contributed by atoms with E-state index in [1.807, 2.05) is 24.3 Å². The lowest BCUT2D eigenvalue weighted by Gasteiger charge is -2.33. The number of allylic oxidation sites excluding steroid dienone is 1. The Labute approximate surface area is 100 Å². The van der Waals surface area contributed by atoms with Gasteiger partial charge >= 0.3 is 0 Å². The zero-order valence-electron chi connectivity index (χ0n) is 9.52. The third-order valence-corrected chi connectivity index (χ3v) is 3.68. The van der Waals surface area contributed by atoms with Crippen molar-refractivity contribution in [3.63, 3.8) is 0 Å². The normalized spacial score (nSPS) is 31.1. The second-order valence-corrected chi connectivity index (χ2v) is 4.73. The molecular formula is C14H15NO2. The largest absolute Gasteiger partial charge is 0.366 e. The number of hydrogen-bond acceptors (Lipinski definition) is 2. The average molecular weight is 229 g/mol. The van der Waals surface area contributed by atoms with Gasteiger partial charge in [0.25, 0.3) is 5.91 Å². The summed E-state index contributed by atoms with van der Waals surface area (Å²) in [5, 5.41) is 13.5. The molecule has 1 aliphatic heterocycles. The van der Waals surface area contributed by atoms with Crippen LogP contribution in [-0.4, -0.2) is 11.0 Å². The number of hydrogen-bond donors (Lipinski definition) is 2. The Hall–Kier alpha value is -1.61. The van der Waals surface area contributed by atoms with Crippen LogP contribution in [0.4, 0.5) is 0 Å². The Bertz CT molecular complexity index is 495. The van der Waals surface area contributed by atoms with Gasteiger partial charge in [0.1, 0.15) is 0 Å². The molecule has 0 spiro atoms.